The summed E-state index contributed by atoms with van der Waals surface area (Å²) in [5.74, 6) is 0. The lowest BCUT2D eigenvalue weighted by Crippen LogP contribution is -2.10. The Morgan fingerprint density at radius 3 is 1.45 bits per heavy atom. The Morgan fingerprint density at radius 2 is 0.767 bits per heavy atom. The highest BCUT2D eigenvalue weighted by Gasteiger charge is 2.21. The number of furan rings is 1. The van der Waals surface area contributed by atoms with Gasteiger partial charge in [-0.25, -0.2) is 0 Å². The van der Waals surface area contributed by atoms with Crippen LogP contribution in [-0.4, -0.2) is 0 Å². The molecule has 0 bridgehead atoms. The number of para-hydroxylation sites is 1. The Labute approximate surface area is 349 Å². The van der Waals surface area contributed by atoms with Gasteiger partial charge in [0.05, 0.1) is 11.1 Å². The van der Waals surface area contributed by atoms with Crippen LogP contribution in [0.5, 0.6) is 0 Å². The maximum atomic E-state index is 6.41. The first-order chi connectivity index (χ1) is 29.8. The minimum Gasteiger partial charge on any atom is -0.456 e. The van der Waals surface area contributed by atoms with Crippen LogP contribution < -0.4 is 4.90 Å². The van der Waals surface area contributed by atoms with Crippen LogP contribution >= 0.6 is 0 Å². The first kappa shape index (κ1) is 35.2. The third-order valence-corrected chi connectivity index (χ3v) is 11.7. The van der Waals surface area contributed by atoms with E-state index in [2.05, 4.69) is 229 Å². The van der Waals surface area contributed by atoms with Crippen molar-refractivity contribution in [3.8, 4) is 55.6 Å². The van der Waals surface area contributed by atoms with Crippen LogP contribution in [0.1, 0.15) is 0 Å². The van der Waals surface area contributed by atoms with Crippen LogP contribution in [0.15, 0.2) is 241 Å². The predicted octanol–water partition coefficient (Wildman–Crippen LogP) is 16.5. The van der Waals surface area contributed by atoms with Crippen molar-refractivity contribution in [1.29, 1.82) is 0 Å². The van der Waals surface area contributed by atoms with Gasteiger partial charge >= 0.3 is 0 Å². The standard InChI is InChI=1S/C58H39NO/c1-3-16-40(17-4-1)41-32-35-46(36-33-41)59(55-27-15-29-57-58(55)54-26-13-14-28-56(54)60-57)47-37-34-42-30-31-44(38-45(42)39-47)49-21-8-10-23-51(49)53-25-12-11-24-52(53)50-22-9-7-20-48(50)43-18-5-2-6-19-43/h1-39H. The fourth-order valence-corrected chi connectivity index (χ4v) is 8.85. The number of hydrogen-bond acceptors (Lipinski definition) is 2. The summed E-state index contributed by atoms with van der Waals surface area (Å²) >= 11 is 0. The largest absolute Gasteiger partial charge is 0.456 e. The molecule has 11 rings (SSSR count). The van der Waals surface area contributed by atoms with E-state index in [0.717, 1.165) is 44.4 Å². The van der Waals surface area contributed by atoms with E-state index < -0.39 is 0 Å². The molecular formula is C58H39NO. The van der Waals surface area contributed by atoms with Gasteiger partial charge in [-0.15, -0.1) is 0 Å². The molecular weight excluding hydrogens is 727 g/mol. The van der Waals surface area contributed by atoms with E-state index in [0.29, 0.717) is 0 Å². The Kier molecular flexibility index (Phi) is 8.87. The minimum atomic E-state index is 0.867. The molecule has 2 heteroatoms. The highest BCUT2D eigenvalue weighted by atomic mass is 16.3. The van der Waals surface area contributed by atoms with Crippen LogP contribution in [0.3, 0.4) is 0 Å². The SMILES string of the molecule is c1ccc(-c2ccc(N(c3ccc4ccc(-c5ccccc5-c5ccccc5-c5ccccc5-c5ccccc5)cc4c3)c3cccc4oc5ccccc5c34)cc2)cc1. The van der Waals surface area contributed by atoms with Crippen molar-refractivity contribution in [2.45, 2.75) is 0 Å². The van der Waals surface area contributed by atoms with Gasteiger partial charge < -0.3 is 9.32 Å². The third-order valence-electron chi connectivity index (χ3n) is 11.7. The smallest absolute Gasteiger partial charge is 0.137 e. The van der Waals surface area contributed by atoms with Gasteiger partial charge in [-0.3, -0.25) is 0 Å². The van der Waals surface area contributed by atoms with Crippen molar-refractivity contribution in [3.05, 3.63) is 237 Å². The maximum absolute atomic E-state index is 6.41. The van der Waals surface area contributed by atoms with Gasteiger partial charge in [0.15, 0.2) is 0 Å². The van der Waals surface area contributed by atoms with E-state index in [9.17, 15) is 0 Å². The van der Waals surface area contributed by atoms with Crippen molar-refractivity contribution < 1.29 is 4.42 Å². The maximum Gasteiger partial charge on any atom is 0.137 e. The van der Waals surface area contributed by atoms with Crippen LogP contribution in [0.25, 0.3) is 88.3 Å². The summed E-state index contributed by atoms with van der Waals surface area (Å²) in [6, 6.07) is 84.9. The molecule has 1 heterocycles. The van der Waals surface area contributed by atoms with E-state index in [1.165, 1.54) is 61.0 Å². The van der Waals surface area contributed by atoms with E-state index >= 15 is 0 Å². The summed E-state index contributed by atoms with van der Waals surface area (Å²) in [7, 11) is 0. The monoisotopic (exact) mass is 765 g/mol. The Bertz CT molecular complexity index is 3310. The summed E-state index contributed by atoms with van der Waals surface area (Å²) in [6.07, 6.45) is 0. The lowest BCUT2D eigenvalue weighted by Gasteiger charge is -2.27. The second-order valence-corrected chi connectivity index (χ2v) is 15.2. The van der Waals surface area contributed by atoms with Gasteiger partial charge in [-0.2, -0.15) is 0 Å². The fourth-order valence-electron chi connectivity index (χ4n) is 8.85. The van der Waals surface area contributed by atoms with Gasteiger partial charge in [0.2, 0.25) is 0 Å². The summed E-state index contributed by atoms with van der Waals surface area (Å²) in [6.45, 7) is 0. The molecule has 0 N–H and O–H groups in total. The summed E-state index contributed by atoms with van der Waals surface area (Å²) in [4.78, 5) is 2.37. The van der Waals surface area contributed by atoms with Crippen molar-refractivity contribution in [2.75, 3.05) is 4.90 Å². The Morgan fingerprint density at radius 1 is 0.283 bits per heavy atom. The lowest BCUT2D eigenvalue weighted by molar-refractivity contribution is 0.669. The van der Waals surface area contributed by atoms with Crippen molar-refractivity contribution in [2.24, 2.45) is 0 Å². The quantitative estimate of drug-likeness (QED) is 0.153. The van der Waals surface area contributed by atoms with Gasteiger partial charge in [0.1, 0.15) is 11.2 Å². The fraction of sp³-hybridized carbons (Fsp3) is 0. The van der Waals surface area contributed by atoms with E-state index in [-0.39, 0.29) is 0 Å². The summed E-state index contributed by atoms with van der Waals surface area (Å²) in [5.41, 5.74) is 17.0. The van der Waals surface area contributed by atoms with Crippen LogP contribution in [0.4, 0.5) is 17.1 Å². The molecule has 0 fully saturated rings. The zero-order valence-corrected chi connectivity index (χ0v) is 32.9. The van der Waals surface area contributed by atoms with Gasteiger partial charge in [0.25, 0.3) is 0 Å². The predicted molar refractivity (Wildman–Crippen MR) is 253 cm³/mol. The summed E-state index contributed by atoms with van der Waals surface area (Å²) in [5, 5.41) is 4.54. The molecule has 1 aromatic heterocycles. The topological polar surface area (TPSA) is 16.4 Å². The van der Waals surface area contributed by atoms with E-state index in [4.69, 9.17) is 4.42 Å². The highest BCUT2D eigenvalue weighted by molar-refractivity contribution is 6.13. The molecule has 0 amide bonds. The molecule has 2 nitrogen and oxygen atoms in total. The molecule has 0 aliphatic carbocycles. The van der Waals surface area contributed by atoms with Gasteiger partial charge in [-0.1, -0.05) is 188 Å². The molecule has 0 unspecified atom stereocenters. The van der Waals surface area contributed by atoms with E-state index in [1.807, 2.05) is 12.1 Å². The van der Waals surface area contributed by atoms with Crippen LogP contribution in [0.2, 0.25) is 0 Å². The third kappa shape index (κ3) is 6.32. The molecule has 0 saturated carbocycles. The van der Waals surface area contributed by atoms with Crippen LogP contribution in [-0.2, 0) is 0 Å². The number of nitrogens with zero attached hydrogens (tertiary/aromatic N) is 1. The number of benzene rings is 10. The van der Waals surface area contributed by atoms with Crippen LogP contribution in [0, 0.1) is 0 Å². The second-order valence-electron chi connectivity index (χ2n) is 15.2. The Hall–Kier alpha value is -7.94. The normalized spacial score (nSPS) is 11.3. The molecule has 0 atom stereocenters. The number of fused-ring (bicyclic) bond motifs is 4. The van der Waals surface area contributed by atoms with Crippen molar-refractivity contribution >= 4 is 49.8 Å². The van der Waals surface area contributed by atoms with Gasteiger partial charge in [-0.05, 0) is 115 Å². The first-order valence-electron chi connectivity index (χ1n) is 20.5. The molecule has 0 aliphatic heterocycles. The number of anilines is 3. The molecule has 10 aromatic carbocycles. The molecule has 11 aromatic rings. The Balaban J connectivity index is 1.05. The molecule has 0 saturated heterocycles. The molecule has 60 heavy (non-hydrogen) atoms. The zero-order valence-electron chi connectivity index (χ0n) is 32.9. The average molecular weight is 766 g/mol. The molecule has 0 aliphatic rings. The molecule has 0 radical (unpaired) electrons. The van der Waals surface area contributed by atoms with Crippen molar-refractivity contribution in [3.63, 3.8) is 0 Å². The average Bonchev–Trinajstić information content (AvgIpc) is 3.72. The van der Waals surface area contributed by atoms with E-state index in [1.54, 1.807) is 0 Å². The minimum absolute atomic E-state index is 0.867. The zero-order chi connectivity index (χ0) is 39.8. The molecule has 282 valence electrons. The first-order valence-corrected chi connectivity index (χ1v) is 20.5. The molecule has 0 spiro atoms. The number of rotatable bonds is 8. The number of hydrogen-bond donors (Lipinski definition) is 0. The van der Waals surface area contributed by atoms with Gasteiger partial charge in [0, 0.05) is 16.8 Å². The second kappa shape index (κ2) is 15.1. The lowest BCUT2D eigenvalue weighted by atomic mass is 9.86. The highest BCUT2D eigenvalue weighted by Crippen LogP contribution is 2.45. The summed E-state index contributed by atoms with van der Waals surface area (Å²) < 4.78 is 6.41. The van der Waals surface area contributed by atoms with Crippen molar-refractivity contribution in [1.82, 2.24) is 0 Å².